The van der Waals surface area contributed by atoms with E-state index in [1.54, 1.807) is 25.1 Å². The van der Waals surface area contributed by atoms with Gasteiger partial charge in [0, 0.05) is 11.8 Å². The summed E-state index contributed by atoms with van der Waals surface area (Å²) < 4.78 is 24.9. The summed E-state index contributed by atoms with van der Waals surface area (Å²) in [6.07, 6.45) is 7.47. The molecule has 1 aromatic rings. The molecule has 1 aliphatic heterocycles. The van der Waals surface area contributed by atoms with Crippen molar-refractivity contribution >= 4 is 12.2 Å². The number of ether oxygens (including phenoxy) is 2. The number of dihydropyridines is 1. The van der Waals surface area contributed by atoms with Crippen molar-refractivity contribution in [3.05, 3.63) is 70.8 Å². The molecule has 130 valence electrons. The second-order valence-electron chi connectivity index (χ2n) is 5.94. The summed E-state index contributed by atoms with van der Waals surface area (Å²) >= 11 is 0. The Hall–Kier alpha value is -2.69. The molecule has 0 N–H and O–H groups in total. The van der Waals surface area contributed by atoms with Crippen LogP contribution in [0.3, 0.4) is 0 Å². The van der Waals surface area contributed by atoms with Gasteiger partial charge < -0.3 is 9.47 Å². The van der Waals surface area contributed by atoms with E-state index in [2.05, 4.69) is 4.99 Å². The number of carbonyl (C=O) groups is 1. The molecule has 2 aliphatic rings. The summed E-state index contributed by atoms with van der Waals surface area (Å²) in [6.45, 7) is 4.02. The van der Waals surface area contributed by atoms with E-state index in [0.29, 0.717) is 16.9 Å². The number of fused-ring (bicyclic) bond motifs is 1. The molecule has 3 rings (SSSR count). The molecule has 1 heterocycles. The van der Waals surface area contributed by atoms with Gasteiger partial charge in [-0.15, -0.1) is 0 Å². The van der Waals surface area contributed by atoms with Gasteiger partial charge in [0.05, 0.1) is 18.6 Å². The quantitative estimate of drug-likeness (QED) is 0.767. The van der Waals surface area contributed by atoms with Crippen LogP contribution in [0, 0.1) is 11.7 Å². The van der Waals surface area contributed by atoms with E-state index in [9.17, 15) is 9.18 Å². The van der Waals surface area contributed by atoms with Gasteiger partial charge in [-0.05, 0) is 19.9 Å². The molecule has 0 saturated heterocycles. The zero-order valence-corrected chi connectivity index (χ0v) is 14.2. The smallest absolute Gasteiger partial charge is 0.343 e. The number of carbonyl (C=O) groups excluding carboxylic acids is 1. The van der Waals surface area contributed by atoms with Gasteiger partial charge in [-0.2, -0.15) is 0 Å². The van der Waals surface area contributed by atoms with Gasteiger partial charge in [0.2, 0.25) is 0 Å². The third-order valence-corrected chi connectivity index (χ3v) is 4.15. The van der Waals surface area contributed by atoms with E-state index in [0.717, 1.165) is 5.57 Å². The molecule has 0 spiro atoms. The number of aliphatic imine (C=N–C) groups is 1. The first kappa shape index (κ1) is 17.1. The van der Waals surface area contributed by atoms with Crippen LogP contribution in [0.1, 0.15) is 19.4 Å². The highest BCUT2D eigenvalue weighted by molar-refractivity contribution is 6.10. The van der Waals surface area contributed by atoms with Crippen LogP contribution < -0.4 is 0 Å². The molecule has 2 atom stereocenters. The van der Waals surface area contributed by atoms with Gasteiger partial charge in [0.1, 0.15) is 23.8 Å². The van der Waals surface area contributed by atoms with Gasteiger partial charge >= 0.3 is 5.97 Å². The Morgan fingerprint density at radius 1 is 1.32 bits per heavy atom. The number of benzene rings is 1. The van der Waals surface area contributed by atoms with E-state index >= 15 is 0 Å². The van der Waals surface area contributed by atoms with Crippen molar-refractivity contribution < 1.29 is 18.7 Å². The van der Waals surface area contributed by atoms with Crippen LogP contribution in [0.4, 0.5) is 4.39 Å². The lowest BCUT2D eigenvalue weighted by Crippen LogP contribution is -2.29. The highest BCUT2D eigenvalue weighted by Gasteiger charge is 2.33. The number of hydrogen-bond donors (Lipinski definition) is 0. The summed E-state index contributed by atoms with van der Waals surface area (Å²) in [5, 5.41) is 0. The van der Waals surface area contributed by atoms with Gasteiger partial charge in [0.25, 0.3) is 0 Å². The fourth-order valence-corrected chi connectivity index (χ4v) is 2.89. The third kappa shape index (κ3) is 3.71. The summed E-state index contributed by atoms with van der Waals surface area (Å²) in [4.78, 5) is 16.7. The predicted octanol–water partition coefficient (Wildman–Crippen LogP) is 3.74. The molecule has 0 amide bonds. The van der Waals surface area contributed by atoms with Crippen LogP contribution in [0.5, 0.6) is 0 Å². The summed E-state index contributed by atoms with van der Waals surface area (Å²) in [5.41, 5.74) is 1.79. The maximum atomic E-state index is 13.9. The normalized spacial score (nSPS) is 21.6. The Labute approximate surface area is 146 Å². The average molecular weight is 341 g/mol. The third-order valence-electron chi connectivity index (χ3n) is 4.15. The van der Waals surface area contributed by atoms with Crippen molar-refractivity contribution in [3.8, 4) is 0 Å². The number of nitrogens with zero attached hydrogens (tertiary/aromatic N) is 1. The fraction of sp³-hybridized carbons (Fsp3) is 0.300. The van der Waals surface area contributed by atoms with E-state index in [-0.39, 0.29) is 31.0 Å². The minimum atomic E-state index is -0.478. The summed E-state index contributed by atoms with van der Waals surface area (Å²) in [5.74, 6) is -0.530. The van der Waals surface area contributed by atoms with Crippen LogP contribution in [-0.2, 0) is 20.9 Å². The second-order valence-corrected chi connectivity index (χ2v) is 5.94. The predicted molar refractivity (Wildman–Crippen MR) is 93.5 cm³/mol. The largest absolute Gasteiger partial charge is 0.491 e. The monoisotopic (exact) mass is 341 g/mol. The van der Waals surface area contributed by atoms with E-state index in [1.807, 2.05) is 25.2 Å². The Morgan fingerprint density at radius 2 is 2.12 bits per heavy atom. The topological polar surface area (TPSA) is 47.9 Å². The van der Waals surface area contributed by atoms with Gasteiger partial charge in [-0.1, -0.05) is 42.0 Å². The lowest BCUT2D eigenvalue weighted by Gasteiger charge is -2.29. The second kappa shape index (κ2) is 7.47. The molecule has 0 radical (unpaired) electrons. The molecule has 0 saturated carbocycles. The van der Waals surface area contributed by atoms with Gasteiger partial charge in [-0.25, -0.2) is 9.18 Å². The molecule has 4 nitrogen and oxygen atoms in total. The number of esters is 1. The zero-order chi connectivity index (χ0) is 17.8. The van der Waals surface area contributed by atoms with Crippen LogP contribution in [0.15, 0.2) is 64.4 Å². The summed E-state index contributed by atoms with van der Waals surface area (Å²) in [7, 11) is 0. The highest BCUT2D eigenvalue weighted by atomic mass is 19.1. The SMILES string of the molecule is CCOC(=O)C1=C(OCc2ccccc2F)[C@H]2C=C(C)C=C[C@@H]2N=C1. The van der Waals surface area contributed by atoms with Crippen LogP contribution >= 0.6 is 0 Å². The Morgan fingerprint density at radius 3 is 2.88 bits per heavy atom. The van der Waals surface area contributed by atoms with Crippen molar-refractivity contribution in [2.24, 2.45) is 10.9 Å². The molecule has 25 heavy (non-hydrogen) atoms. The lowest BCUT2D eigenvalue weighted by atomic mass is 9.87. The molecule has 0 aromatic heterocycles. The number of halogens is 1. The molecule has 1 aliphatic carbocycles. The van der Waals surface area contributed by atoms with Crippen molar-refractivity contribution in [1.29, 1.82) is 0 Å². The lowest BCUT2D eigenvalue weighted by molar-refractivity contribution is -0.138. The summed E-state index contributed by atoms with van der Waals surface area (Å²) in [6, 6.07) is 6.30. The van der Waals surface area contributed by atoms with Crippen molar-refractivity contribution in [1.82, 2.24) is 0 Å². The van der Waals surface area contributed by atoms with Crippen molar-refractivity contribution in [2.75, 3.05) is 6.61 Å². The number of hydrogen-bond acceptors (Lipinski definition) is 4. The van der Waals surface area contributed by atoms with E-state index in [1.165, 1.54) is 12.3 Å². The zero-order valence-electron chi connectivity index (χ0n) is 14.2. The Kier molecular flexibility index (Phi) is 5.12. The molecule has 0 bridgehead atoms. The maximum Gasteiger partial charge on any atom is 0.343 e. The highest BCUT2D eigenvalue weighted by Crippen LogP contribution is 2.33. The maximum absolute atomic E-state index is 13.9. The molecule has 0 unspecified atom stereocenters. The molecule has 1 aromatic carbocycles. The Balaban J connectivity index is 1.92. The molecular formula is C20H20FNO3. The van der Waals surface area contributed by atoms with Crippen LogP contribution in [-0.4, -0.2) is 24.8 Å². The fourth-order valence-electron chi connectivity index (χ4n) is 2.89. The number of rotatable bonds is 5. The van der Waals surface area contributed by atoms with E-state index < -0.39 is 5.97 Å². The van der Waals surface area contributed by atoms with E-state index in [4.69, 9.17) is 9.47 Å². The molecule has 5 heteroatoms. The molecular weight excluding hydrogens is 321 g/mol. The van der Waals surface area contributed by atoms with Crippen molar-refractivity contribution in [3.63, 3.8) is 0 Å². The first-order chi connectivity index (χ1) is 12.1. The first-order valence-corrected chi connectivity index (χ1v) is 8.27. The number of allylic oxidation sites excluding steroid dienone is 2. The Bertz CT molecular complexity index is 792. The first-order valence-electron chi connectivity index (χ1n) is 8.27. The van der Waals surface area contributed by atoms with Gasteiger partial charge in [-0.3, -0.25) is 4.99 Å². The van der Waals surface area contributed by atoms with Gasteiger partial charge in [0.15, 0.2) is 0 Å². The van der Waals surface area contributed by atoms with Crippen LogP contribution in [0.25, 0.3) is 0 Å². The standard InChI is InChI=1S/C20H20FNO3/c1-3-24-20(23)16-11-22-18-9-8-13(2)10-15(18)19(16)25-12-14-6-4-5-7-17(14)21/h4-11,15,18H,3,12H2,1-2H3/t15-,18-/m0/s1. The minimum Gasteiger partial charge on any atom is -0.491 e. The molecule has 0 fully saturated rings. The van der Waals surface area contributed by atoms with Crippen molar-refractivity contribution in [2.45, 2.75) is 26.5 Å². The van der Waals surface area contributed by atoms with Crippen LogP contribution in [0.2, 0.25) is 0 Å². The minimum absolute atomic E-state index is 0.0403. The average Bonchev–Trinajstić information content (AvgIpc) is 2.61.